The number of carboxylic acids is 1. The van der Waals surface area contributed by atoms with Gasteiger partial charge in [-0.15, -0.1) is 0 Å². The van der Waals surface area contributed by atoms with Crippen LogP contribution in [0.3, 0.4) is 0 Å². The zero-order valence-corrected chi connectivity index (χ0v) is 12.2. The highest BCUT2D eigenvalue weighted by molar-refractivity contribution is 5.84. The molecule has 5 nitrogen and oxygen atoms in total. The summed E-state index contributed by atoms with van der Waals surface area (Å²) < 4.78 is 18.5. The predicted molar refractivity (Wildman–Crippen MR) is 76.1 cm³/mol. The van der Waals surface area contributed by atoms with Crippen LogP contribution in [0.2, 0.25) is 0 Å². The number of halogens is 1. The van der Waals surface area contributed by atoms with Gasteiger partial charge >= 0.3 is 0 Å². The summed E-state index contributed by atoms with van der Waals surface area (Å²) in [7, 11) is 1.67. The highest BCUT2D eigenvalue weighted by Gasteiger charge is 2.35. The molecule has 0 atom stereocenters. The molecule has 0 bridgehead atoms. The van der Waals surface area contributed by atoms with Gasteiger partial charge in [-0.05, 0) is 43.4 Å². The molecule has 0 saturated heterocycles. The van der Waals surface area contributed by atoms with Crippen LogP contribution < -0.4 is 0 Å². The molecule has 1 aromatic carbocycles. The molecule has 0 radical (unpaired) electrons. The van der Waals surface area contributed by atoms with Gasteiger partial charge in [-0.1, -0.05) is 17.3 Å². The average molecular weight is 297 g/mol. The van der Waals surface area contributed by atoms with Crippen LogP contribution in [-0.2, 0) is 15.1 Å². The molecule has 1 aromatic rings. The van der Waals surface area contributed by atoms with Gasteiger partial charge in [0.1, 0.15) is 5.82 Å². The first-order valence-electron chi connectivity index (χ1n) is 6.64. The molecule has 0 heterocycles. The molecule has 2 rings (SSSR count). The summed E-state index contributed by atoms with van der Waals surface area (Å²) in [5.41, 5.74) is 1.42. The van der Waals surface area contributed by atoms with Gasteiger partial charge in [-0.25, -0.2) is 4.39 Å². The summed E-state index contributed by atoms with van der Waals surface area (Å²) in [4.78, 5) is 9.00. The molecule has 1 aliphatic carbocycles. The Kier molecular flexibility index (Phi) is 6.30. The first-order chi connectivity index (χ1) is 9.93. The van der Waals surface area contributed by atoms with Crippen LogP contribution in [-0.4, -0.2) is 29.1 Å². The standard InChI is InChI=1S/C13H16FNO2.C2H4O2/c1-17-13(8-6-12(15-16)7-9-13)10-2-4-11(14)5-3-10;1-2(3)4/h2-5,16H,6-9H2,1H3;1H3,(H,3,4). The maximum Gasteiger partial charge on any atom is 0.300 e. The molecule has 116 valence electrons. The van der Waals surface area contributed by atoms with E-state index in [2.05, 4.69) is 5.16 Å². The van der Waals surface area contributed by atoms with Gasteiger partial charge < -0.3 is 15.1 Å². The molecule has 1 aliphatic rings. The second-order valence-electron chi connectivity index (χ2n) is 4.89. The van der Waals surface area contributed by atoms with Crippen molar-refractivity contribution in [3.05, 3.63) is 35.6 Å². The Balaban J connectivity index is 0.000000491. The lowest BCUT2D eigenvalue weighted by atomic mass is 9.78. The first-order valence-corrected chi connectivity index (χ1v) is 6.64. The van der Waals surface area contributed by atoms with Gasteiger partial charge in [0.05, 0.1) is 11.3 Å². The molecule has 0 unspecified atom stereocenters. The number of oxime groups is 1. The molecule has 21 heavy (non-hydrogen) atoms. The van der Waals surface area contributed by atoms with Crippen LogP contribution in [0.15, 0.2) is 29.4 Å². The summed E-state index contributed by atoms with van der Waals surface area (Å²) in [5, 5.41) is 19.4. The molecule has 6 heteroatoms. The largest absolute Gasteiger partial charge is 0.481 e. The lowest BCUT2D eigenvalue weighted by Gasteiger charge is -2.36. The summed E-state index contributed by atoms with van der Waals surface area (Å²) >= 11 is 0. The Bertz CT molecular complexity index is 485. The number of hydrogen-bond donors (Lipinski definition) is 2. The van der Waals surface area contributed by atoms with E-state index in [0.29, 0.717) is 12.8 Å². The fourth-order valence-corrected chi connectivity index (χ4v) is 2.41. The normalized spacial score (nSPS) is 21.2. The Hall–Kier alpha value is -1.95. The third-order valence-corrected chi connectivity index (χ3v) is 3.54. The number of aliphatic carboxylic acids is 1. The van der Waals surface area contributed by atoms with Crippen LogP contribution in [0, 0.1) is 5.82 Å². The van der Waals surface area contributed by atoms with Crippen molar-refractivity contribution in [1.29, 1.82) is 0 Å². The van der Waals surface area contributed by atoms with Crippen molar-refractivity contribution in [2.75, 3.05) is 7.11 Å². The topological polar surface area (TPSA) is 79.1 Å². The van der Waals surface area contributed by atoms with Crippen LogP contribution in [0.4, 0.5) is 4.39 Å². The number of rotatable bonds is 2. The average Bonchev–Trinajstić information content (AvgIpc) is 2.47. The quantitative estimate of drug-likeness (QED) is 0.649. The van der Waals surface area contributed by atoms with Crippen molar-refractivity contribution in [3.8, 4) is 0 Å². The summed E-state index contributed by atoms with van der Waals surface area (Å²) in [6.07, 6.45) is 2.94. The molecule has 0 aliphatic heterocycles. The van der Waals surface area contributed by atoms with E-state index in [1.54, 1.807) is 19.2 Å². The molecule has 1 saturated carbocycles. The molecule has 0 aromatic heterocycles. The van der Waals surface area contributed by atoms with E-state index in [1.165, 1.54) is 12.1 Å². The Labute approximate surface area is 123 Å². The van der Waals surface area contributed by atoms with Crippen molar-refractivity contribution in [3.63, 3.8) is 0 Å². The molecular weight excluding hydrogens is 277 g/mol. The smallest absolute Gasteiger partial charge is 0.300 e. The van der Waals surface area contributed by atoms with Crippen molar-refractivity contribution in [2.45, 2.75) is 38.2 Å². The zero-order chi connectivity index (χ0) is 15.9. The summed E-state index contributed by atoms with van der Waals surface area (Å²) in [5.74, 6) is -1.08. The SMILES string of the molecule is CC(=O)O.COC1(c2ccc(F)cc2)CCC(=NO)CC1. The van der Waals surface area contributed by atoms with Gasteiger partial charge in [0, 0.05) is 14.0 Å². The monoisotopic (exact) mass is 297 g/mol. The third kappa shape index (κ3) is 4.82. The Morgan fingerprint density at radius 2 is 1.76 bits per heavy atom. The van der Waals surface area contributed by atoms with Crippen molar-refractivity contribution in [1.82, 2.24) is 0 Å². The van der Waals surface area contributed by atoms with E-state index < -0.39 is 5.97 Å². The van der Waals surface area contributed by atoms with E-state index in [4.69, 9.17) is 19.8 Å². The maximum atomic E-state index is 12.9. The molecular formula is C15H20FNO4. The highest BCUT2D eigenvalue weighted by Crippen LogP contribution is 2.39. The summed E-state index contributed by atoms with van der Waals surface area (Å²) in [6, 6.07) is 6.43. The number of methoxy groups -OCH3 is 1. The minimum atomic E-state index is -0.833. The van der Waals surface area contributed by atoms with E-state index in [1.807, 2.05) is 0 Å². The Morgan fingerprint density at radius 3 is 2.14 bits per heavy atom. The van der Waals surface area contributed by atoms with E-state index in [-0.39, 0.29) is 11.4 Å². The van der Waals surface area contributed by atoms with Crippen molar-refractivity contribution >= 4 is 11.7 Å². The number of nitrogens with zero attached hydrogens (tertiary/aromatic N) is 1. The summed E-state index contributed by atoms with van der Waals surface area (Å²) in [6.45, 7) is 1.08. The molecule has 0 spiro atoms. The van der Waals surface area contributed by atoms with Gasteiger partial charge in [-0.3, -0.25) is 4.79 Å². The maximum absolute atomic E-state index is 12.9. The predicted octanol–water partition coefficient (Wildman–Crippen LogP) is 3.16. The van der Waals surface area contributed by atoms with Gasteiger partial charge in [0.2, 0.25) is 0 Å². The van der Waals surface area contributed by atoms with Gasteiger partial charge in [-0.2, -0.15) is 0 Å². The van der Waals surface area contributed by atoms with Crippen LogP contribution in [0.1, 0.15) is 38.2 Å². The second-order valence-corrected chi connectivity index (χ2v) is 4.89. The lowest BCUT2D eigenvalue weighted by molar-refractivity contribution is -0.134. The van der Waals surface area contributed by atoms with Gasteiger partial charge in [0.25, 0.3) is 5.97 Å². The van der Waals surface area contributed by atoms with Gasteiger partial charge in [0.15, 0.2) is 0 Å². The number of benzene rings is 1. The minimum Gasteiger partial charge on any atom is -0.481 e. The number of carbonyl (C=O) groups is 1. The van der Waals surface area contributed by atoms with Crippen molar-refractivity contribution < 1.29 is 24.2 Å². The first kappa shape index (κ1) is 17.1. The van der Waals surface area contributed by atoms with Crippen LogP contribution in [0.25, 0.3) is 0 Å². The number of ether oxygens (including phenoxy) is 1. The molecule has 0 amide bonds. The zero-order valence-electron chi connectivity index (χ0n) is 12.2. The van der Waals surface area contributed by atoms with Crippen LogP contribution in [0.5, 0.6) is 0 Å². The fourth-order valence-electron chi connectivity index (χ4n) is 2.41. The minimum absolute atomic E-state index is 0.242. The number of carboxylic acid groups (broad SMARTS) is 1. The second kappa shape index (κ2) is 7.73. The van der Waals surface area contributed by atoms with E-state index in [0.717, 1.165) is 31.0 Å². The van der Waals surface area contributed by atoms with Crippen molar-refractivity contribution in [2.24, 2.45) is 5.16 Å². The van der Waals surface area contributed by atoms with Crippen LogP contribution >= 0.6 is 0 Å². The highest BCUT2D eigenvalue weighted by atomic mass is 19.1. The van der Waals surface area contributed by atoms with E-state index >= 15 is 0 Å². The molecule has 1 fully saturated rings. The number of hydrogen-bond acceptors (Lipinski definition) is 4. The fraction of sp³-hybridized carbons (Fsp3) is 0.467. The lowest BCUT2D eigenvalue weighted by Crippen LogP contribution is -2.33. The third-order valence-electron chi connectivity index (χ3n) is 3.54. The van der Waals surface area contributed by atoms with E-state index in [9.17, 15) is 4.39 Å². The molecule has 2 N–H and O–H groups in total. The Morgan fingerprint density at radius 1 is 1.29 bits per heavy atom.